The summed E-state index contributed by atoms with van der Waals surface area (Å²) in [4.78, 5) is 61.0. The first kappa shape index (κ1) is 37.0. The van der Waals surface area contributed by atoms with Crippen LogP contribution < -0.4 is 14.2 Å². The maximum Gasteiger partial charge on any atom is 0.513 e. The molecular formula is C38H40O13. The molecule has 0 bridgehead atoms. The van der Waals surface area contributed by atoms with Crippen molar-refractivity contribution < 1.29 is 61.9 Å². The summed E-state index contributed by atoms with van der Waals surface area (Å²) >= 11 is 0. The molecule has 0 N–H and O–H groups in total. The molecule has 13 heteroatoms. The molecule has 13 nitrogen and oxygen atoms in total. The quantitative estimate of drug-likeness (QED) is 0.0558. The van der Waals surface area contributed by atoms with Crippen molar-refractivity contribution in [2.24, 2.45) is 5.92 Å². The van der Waals surface area contributed by atoms with Crippen molar-refractivity contribution in [3.05, 3.63) is 89.5 Å². The zero-order valence-corrected chi connectivity index (χ0v) is 28.4. The first-order chi connectivity index (χ1) is 24.7. The van der Waals surface area contributed by atoms with Gasteiger partial charge in [0, 0.05) is 18.8 Å². The van der Waals surface area contributed by atoms with Crippen molar-refractivity contribution in [3.63, 3.8) is 0 Å². The first-order valence-electron chi connectivity index (χ1n) is 16.9. The Morgan fingerprint density at radius 2 is 1.14 bits per heavy atom. The highest BCUT2D eigenvalue weighted by Crippen LogP contribution is 2.34. The third-order valence-electron chi connectivity index (χ3n) is 8.18. The zero-order chi connectivity index (χ0) is 36.2. The van der Waals surface area contributed by atoms with Gasteiger partial charge in [-0.15, -0.1) is 0 Å². The molecule has 270 valence electrons. The van der Waals surface area contributed by atoms with Crippen LogP contribution in [0, 0.1) is 5.92 Å². The van der Waals surface area contributed by atoms with Crippen molar-refractivity contribution in [1.82, 2.24) is 0 Å². The number of carbonyl (C=O) groups excluding carboxylic acids is 5. The lowest BCUT2D eigenvalue weighted by Gasteiger charge is -2.15. The van der Waals surface area contributed by atoms with Crippen molar-refractivity contribution in [2.75, 3.05) is 19.8 Å². The van der Waals surface area contributed by atoms with Gasteiger partial charge in [0.15, 0.2) is 0 Å². The fourth-order valence-corrected chi connectivity index (χ4v) is 5.38. The lowest BCUT2D eigenvalue weighted by molar-refractivity contribution is -0.143. The van der Waals surface area contributed by atoms with E-state index in [0.717, 1.165) is 19.3 Å². The highest BCUT2D eigenvalue weighted by Gasteiger charge is 2.45. The van der Waals surface area contributed by atoms with E-state index in [9.17, 15) is 24.0 Å². The van der Waals surface area contributed by atoms with Crippen molar-refractivity contribution in [2.45, 2.75) is 70.9 Å². The number of esters is 4. The molecule has 2 aliphatic heterocycles. The van der Waals surface area contributed by atoms with Gasteiger partial charge in [0.1, 0.15) is 17.2 Å². The summed E-state index contributed by atoms with van der Waals surface area (Å²) in [5.74, 6) is -1.22. The van der Waals surface area contributed by atoms with Crippen LogP contribution in [-0.4, -0.2) is 68.4 Å². The number of ether oxygens (including phenoxy) is 8. The van der Waals surface area contributed by atoms with E-state index in [4.69, 9.17) is 37.9 Å². The van der Waals surface area contributed by atoms with Gasteiger partial charge in [-0.1, -0.05) is 13.8 Å². The van der Waals surface area contributed by atoms with E-state index in [-0.39, 0.29) is 64.6 Å². The second-order valence-electron chi connectivity index (χ2n) is 12.1. The smallest absolute Gasteiger partial charge is 0.466 e. The minimum atomic E-state index is -0.861. The molecule has 3 aromatic carbocycles. The summed E-state index contributed by atoms with van der Waals surface area (Å²) in [6.07, 6.45) is 2.22. The van der Waals surface area contributed by atoms with Gasteiger partial charge in [0.05, 0.1) is 48.7 Å². The second kappa shape index (κ2) is 18.1. The molecule has 5 rings (SSSR count). The Labute approximate surface area is 295 Å². The van der Waals surface area contributed by atoms with E-state index in [0.29, 0.717) is 32.5 Å². The molecule has 2 fully saturated rings. The average molecular weight is 705 g/mol. The SMILES string of the molecule is CCC(=O)OCCCCCCOC(=O)Oc1ccc(C(=O)Oc2ccc(C(=O)Oc3ccc(C(=O)O[C@@H]4CC5OC[C@H](C)C5O4)cc3)cc2)cc1. The fourth-order valence-electron chi connectivity index (χ4n) is 5.38. The third-order valence-corrected chi connectivity index (χ3v) is 8.18. The Bertz CT molecular complexity index is 1650. The molecule has 0 saturated carbocycles. The van der Waals surface area contributed by atoms with E-state index in [1.807, 2.05) is 6.92 Å². The van der Waals surface area contributed by atoms with Crippen LogP contribution in [0.5, 0.6) is 17.2 Å². The topological polar surface area (TPSA) is 159 Å². The minimum absolute atomic E-state index is 0.0652. The second-order valence-corrected chi connectivity index (χ2v) is 12.1. The van der Waals surface area contributed by atoms with Crippen LogP contribution in [0.25, 0.3) is 0 Å². The van der Waals surface area contributed by atoms with E-state index in [1.54, 1.807) is 6.92 Å². The number of fused-ring (bicyclic) bond motifs is 1. The van der Waals surface area contributed by atoms with Crippen LogP contribution in [0.3, 0.4) is 0 Å². The lowest BCUT2D eigenvalue weighted by Crippen LogP contribution is -2.22. The van der Waals surface area contributed by atoms with Gasteiger partial charge in [0.25, 0.3) is 0 Å². The van der Waals surface area contributed by atoms with Crippen LogP contribution in [0.15, 0.2) is 72.8 Å². The average Bonchev–Trinajstić information content (AvgIpc) is 3.70. The summed E-state index contributed by atoms with van der Waals surface area (Å²) in [5, 5.41) is 0. The Balaban J connectivity index is 0.995. The number of carbonyl (C=O) groups is 5. The number of rotatable bonds is 15. The molecule has 0 aromatic heterocycles. The highest BCUT2D eigenvalue weighted by atomic mass is 16.7. The molecule has 0 amide bonds. The highest BCUT2D eigenvalue weighted by molar-refractivity contribution is 5.93. The molecule has 0 aliphatic carbocycles. The van der Waals surface area contributed by atoms with Crippen LogP contribution in [0.4, 0.5) is 4.79 Å². The molecule has 2 saturated heterocycles. The van der Waals surface area contributed by atoms with Crippen LogP contribution in [-0.2, 0) is 28.5 Å². The van der Waals surface area contributed by atoms with Crippen molar-refractivity contribution in [1.29, 1.82) is 0 Å². The van der Waals surface area contributed by atoms with E-state index >= 15 is 0 Å². The third kappa shape index (κ3) is 10.9. The largest absolute Gasteiger partial charge is 0.513 e. The van der Waals surface area contributed by atoms with Gasteiger partial charge in [0.2, 0.25) is 6.29 Å². The molecule has 0 radical (unpaired) electrons. The van der Waals surface area contributed by atoms with E-state index in [2.05, 4.69) is 0 Å². The van der Waals surface area contributed by atoms with Crippen molar-refractivity contribution in [3.8, 4) is 17.2 Å². The minimum Gasteiger partial charge on any atom is -0.466 e. The summed E-state index contributed by atoms with van der Waals surface area (Å²) in [7, 11) is 0. The Hall–Kier alpha value is -5.27. The molecule has 2 unspecified atom stereocenters. The summed E-state index contributed by atoms with van der Waals surface area (Å²) in [6, 6.07) is 17.5. The molecule has 4 atom stereocenters. The van der Waals surface area contributed by atoms with Crippen molar-refractivity contribution >= 4 is 30.0 Å². The number of benzene rings is 3. The van der Waals surface area contributed by atoms with Gasteiger partial charge < -0.3 is 37.9 Å². The summed E-state index contributed by atoms with van der Waals surface area (Å²) in [5.41, 5.74) is 0.698. The number of hydrogen-bond acceptors (Lipinski definition) is 13. The maximum atomic E-state index is 12.7. The Morgan fingerprint density at radius 3 is 1.65 bits per heavy atom. The molecule has 2 aliphatic rings. The molecular weight excluding hydrogens is 664 g/mol. The summed E-state index contributed by atoms with van der Waals surface area (Å²) < 4.78 is 43.0. The predicted molar refractivity (Wildman–Crippen MR) is 179 cm³/mol. The zero-order valence-electron chi connectivity index (χ0n) is 28.4. The summed E-state index contributed by atoms with van der Waals surface area (Å²) in [6.45, 7) is 4.98. The Kier molecular flexibility index (Phi) is 13.1. The van der Waals surface area contributed by atoms with Crippen LogP contribution in [0.1, 0.15) is 83.4 Å². The van der Waals surface area contributed by atoms with Crippen LogP contribution in [0.2, 0.25) is 0 Å². The lowest BCUT2D eigenvalue weighted by atomic mass is 10.0. The van der Waals surface area contributed by atoms with Crippen LogP contribution >= 0.6 is 0 Å². The van der Waals surface area contributed by atoms with Gasteiger partial charge in [-0.05, 0) is 98.5 Å². The van der Waals surface area contributed by atoms with Gasteiger partial charge >= 0.3 is 30.0 Å². The molecule has 0 spiro atoms. The fraction of sp³-hybridized carbons (Fsp3) is 0.395. The normalized spacial score (nSPS) is 19.0. The maximum absolute atomic E-state index is 12.7. The Morgan fingerprint density at radius 1 is 0.647 bits per heavy atom. The van der Waals surface area contributed by atoms with Gasteiger partial charge in [-0.3, -0.25) is 4.79 Å². The van der Waals surface area contributed by atoms with E-state index < -0.39 is 30.4 Å². The van der Waals surface area contributed by atoms with Gasteiger partial charge in [-0.2, -0.15) is 0 Å². The predicted octanol–water partition coefficient (Wildman–Crippen LogP) is 6.46. The number of unbranched alkanes of at least 4 members (excludes halogenated alkanes) is 3. The first-order valence-corrected chi connectivity index (χ1v) is 16.9. The number of hydrogen-bond donors (Lipinski definition) is 0. The van der Waals surface area contributed by atoms with Gasteiger partial charge in [-0.25, -0.2) is 19.2 Å². The molecule has 51 heavy (non-hydrogen) atoms. The standard InChI is InChI=1S/C38H40O13/c1-3-32(39)44-20-6-4-5-7-21-45-38(43)49-30-18-12-26(13-19-30)36(41)47-28-14-8-25(9-15-28)35(40)48-29-16-10-27(11-17-29)37(42)51-33-22-31-34(50-33)24(2)23-46-31/h8-19,24,31,33-34H,3-7,20-23H2,1-2H3/t24-,31?,33+,34?/m0/s1. The molecule has 3 aromatic rings. The van der Waals surface area contributed by atoms with E-state index in [1.165, 1.54) is 72.8 Å². The monoisotopic (exact) mass is 704 g/mol. The molecule has 2 heterocycles.